The van der Waals surface area contributed by atoms with Gasteiger partial charge >= 0.3 is 0 Å². The van der Waals surface area contributed by atoms with Gasteiger partial charge in [-0.1, -0.05) is 23.4 Å². The molecule has 90 valence electrons. The molecule has 1 aromatic heterocycles. The number of aromatic nitrogens is 2. The van der Waals surface area contributed by atoms with Crippen molar-refractivity contribution in [2.24, 2.45) is 5.73 Å². The summed E-state index contributed by atoms with van der Waals surface area (Å²) in [6.45, 7) is 3.89. The molecule has 0 saturated heterocycles. The molecule has 0 bridgehead atoms. The van der Waals surface area contributed by atoms with E-state index in [0.717, 1.165) is 12.2 Å². The predicted octanol–water partition coefficient (Wildman–Crippen LogP) is 1.55. The fourth-order valence-corrected chi connectivity index (χ4v) is 1.63. The Balaban J connectivity index is 2.10. The van der Waals surface area contributed by atoms with Crippen LogP contribution >= 0.6 is 0 Å². The molecule has 2 N–H and O–H groups in total. The highest BCUT2D eigenvalue weighted by Gasteiger charge is 2.10. The van der Waals surface area contributed by atoms with E-state index in [1.807, 2.05) is 18.2 Å². The van der Waals surface area contributed by atoms with Crippen molar-refractivity contribution in [2.75, 3.05) is 11.4 Å². The van der Waals surface area contributed by atoms with Crippen molar-refractivity contribution in [3.05, 3.63) is 42.0 Å². The first kappa shape index (κ1) is 11.6. The summed E-state index contributed by atoms with van der Waals surface area (Å²) in [6.07, 6.45) is 0. The second kappa shape index (κ2) is 5.45. The molecule has 0 saturated carbocycles. The molecule has 1 heterocycles. The summed E-state index contributed by atoms with van der Waals surface area (Å²) in [5, 5.41) is 3.89. The van der Waals surface area contributed by atoms with Gasteiger partial charge in [-0.3, -0.25) is 0 Å². The lowest BCUT2D eigenvalue weighted by molar-refractivity contribution is 0.374. The maximum Gasteiger partial charge on any atom is 0.240 e. The number of anilines is 1. The van der Waals surface area contributed by atoms with E-state index in [-0.39, 0.29) is 6.54 Å². The normalized spacial score (nSPS) is 10.5. The van der Waals surface area contributed by atoms with Crippen molar-refractivity contribution in [3.8, 4) is 0 Å². The molecule has 0 aliphatic heterocycles. The lowest BCUT2D eigenvalue weighted by Gasteiger charge is -2.20. The smallest absolute Gasteiger partial charge is 0.240 e. The van der Waals surface area contributed by atoms with Crippen LogP contribution in [0.3, 0.4) is 0 Å². The van der Waals surface area contributed by atoms with Crippen molar-refractivity contribution < 1.29 is 4.52 Å². The Morgan fingerprint density at radius 2 is 2.06 bits per heavy atom. The molecule has 0 atom stereocenters. The second-order valence-corrected chi connectivity index (χ2v) is 3.66. The van der Waals surface area contributed by atoms with E-state index in [4.69, 9.17) is 10.3 Å². The highest BCUT2D eigenvalue weighted by atomic mass is 16.5. The van der Waals surface area contributed by atoms with E-state index >= 15 is 0 Å². The first-order valence-corrected chi connectivity index (χ1v) is 5.65. The first-order valence-electron chi connectivity index (χ1n) is 5.65. The number of benzene rings is 1. The van der Waals surface area contributed by atoms with Gasteiger partial charge in [0.1, 0.15) is 0 Å². The summed E-state index contributed by atoms with van der Waals surface area (Å²) in [6, 6.07) is 10.2. The predicted molar refractivity (Wildman–Crippen MR) is 65.4 cm³/mol. The van der Waals surface area contributed by atoms with Crippen LogP contribution in [0.15, 0.2) is 34.9 Å². The lowest BCUT2D eigenvalue weighted by Crippen LogP contribution is -2.22. The van der Waals surface area contributed by atoms with Gasteiger partial charge in [0.15, 0.2) is 5.82 Å². The van der Waals surface area contributed by atoms with Gasteiger partial charge in [0.05, 0.1) is 13.1 Å². The summed E-state index contributed by atoms with van der Waals surface area (Å²) >= 11 is 0. The maximum atomic E-state index is 5.43. The summed E-state index contributed by atoms with van der Waals surface area (Å²) in [5.41, 5.74) is 6.58. The van der Waals surface area contributed by atoms with Crippen LogP contribution in [0.2, 0.25) is 0 Å². The van der Waals surface area contributed by atoms with Crippen LogP contribution in [0.25, 0.3) is 0 Å². The van der Waals surface area contributed by atoms with Crippen LogP contribution in [0, 0.1) is 0 Å². The average molecular weight is 232 g/mol. The minimum absolute atomic E-state index is 0.282. The zero-order valence-corrected chi connectivity index (χ0v) is 9.84. The van der Waals surface area contributed by atoms with Crippen molar-refractivity contribution in [3.63, 3.8) is 0 Å². The number of para-hydroxylation sites is 1. The van der Waals surface area contributed by atoms with Crippen LogP contribution in [0.5, 0.6) is 0 Å². The zero-order chi connectivity index (χ0) is 12.1. The molecule has 0 amide bonds. The average Bonchev–Trinajstić information content (AvgIpc) is 2.84. The van der Waals surface area contributed by atoms with Gasteiger partial charge in [-0.05, 0) is 19.1 Å². The standard InChI is InChI=1S/C12H16N4O/c1-2-16(10-6-4-3-5-7-10)9-11-14-12(8-13)17-15-11/h3-7H,2,8-9,13H2,1H3. The molecule has 2 rings (SSSR count). The van der Waals surface area contributed by atoms with Crippen molar-refractivity contribution in [2.45, 2.75) is 20.0 Å². The molecule has 5 heteroatoms. The molecule has 1 aromatic carbocycles. The van der Waals surface area contributed by atoms with Crippen molar-refractivity contribution >= 4 is 5.69 Å². The SMILES string of the molecule is CCN(Cc1noc(CN)n1)c1ccccc1. The summed E-state index contributed by atoms with van der Waals surface area (Å²) in [7, 11) is 0. The van der Waals surface area contributed by atoms with Crippen molar-refractivity contribution in [1.82, 2.24) is 10.1 Å². The van der Waals surface area contributed by atoms with E-state index < -0.39 is 0 Å². The molecule has 17 heavy (non-hydrogen) atoms. The number of hydrogen-bond acceptors (Lipinski definition) is 5. The van der Waals surface area contributed by atoms with Crippen LogP contribution in [-0.4, -0.2) is 16.7 Å². The van der Waals surface area contributed by atoms with Gasteiger partial charge in [-0.2, -0.15) is 4.98 Å². The molecule has 0 spiro atoms. The van der Waals surface area contributed by atoms with Crippen molar-refractivity contribution in [1.29, 1.82) is 0 Å². The minimum atomic E-state index is 0.282. The lowest BCUT2D eigenvalue weighted by atomic mass is 10.3. The topological polar surface area (TPSA) is 68.2 Å². The van der Waals surface area contributed by atoms with E-state index in [1.54, 1.807) is 0 Å². The van der Waals surface area contributed by atoms with E-state index in [1.165, 1.54) is 0 Å². The number of nitrogens with two attached hydrogens (primary N) is 1. The molecule has 0 aliphatic carbocycles. The first-order chi connectivity index (χ1) is 8.33. The summed E-state index contributed by atoms with van der Waals surface area (Å²) in [5.74, 6) is 1.14. The van der Waals surface area contributed by atoms with Gasteiger partial charge < -0.3 is 15.2 Å². The zero-order valence-electron chi connectivity index (χ0n) is 9.84. The van der Waals surface area contributed by atoms with E-state index in [2.05, 4.69) is 34.1 Å². The Bertz CT molecular complexity index is 455. The Hall–Kier alpha value is -1.88. The summed E-state index contributed by atoms with van der Waals surface area (Å²) in [4.78, 5) is 6.37. The van der Waals surface area contributed by atoms with Gasteiger partial charge in [0.25, 0.3) is 0 Å². The fourth-order valence-electron chi connectivity index (χ4n) is 1.63. The van der Waals surface area contributed by atoms with Gasteiger partial charge in [0, 0.05) is 12.2 Å². The van der Waals surface area contributed by atoms with Gasteiger partial charge in [-0.15, -0.1) is 0 Å². The van der Waals surface area contributed by atoms with Gasteiger partial charge in [0.2, 0.25) is 5.89 Å². The van der Waals surface area contributed by atoms with Crippen LogP contribution in [0.1, 0.15) is 18.6 Å². The second-order valence-electron chi connectivity index (χ2n) is 3.66. The molecule has 0 unspecified atom stereocenters. The quantitative estimate of drug-likeness (QED) is 0.847. The minimum Gasteiger partial charge on any atom is -0.364 e. The van der Waals surface area contributed by atoms with Crippen LogP contribution in [-0.2, 0) is 13.1 Å². The van der Waals surface area contributed by atoms with Crippen LogP contribution in [0.4, 0.5) is 5.69 Å². The molecule has 0 radical (unpaired) electrons. The van der Waals surface area contributed by atoms with E-state index in [0.29, 0.717) is 18.3 Å². The molecule has 0 aliphatic rings. The third-order valence-electron chi connectivity index (χ3n) is 2.52. The third kappa shape index (κ3) is 2.82. The highest BCUT2D eigenvalue weighted by Crippen LogP contribution is 2.15. The molecular formula is C12H16N4O. The maximum absolute atomic E-state index is 5.43. The Labute approximate surface area is 100 Å². The Kier molecular flexibility index (Phi) is 3.72. The molecular weight excluding hydrogens is 216 g/mol. The molecule has 5 nitrogen and oxygen atoms in total. The van der Waals surface area contributed by atoms with Gasteiger partial charge in [-0.25, -0.2) is 0 Å². The molecule has 0 fully saturated rings. The number of rotatable bonds is 5. The fraction of sp³-hybridized carbons (Fsp3) is 0.333. The largest absolute Gasteiger partial charge is 0.364 e. The Morgan fingerprint density at radius 3 is 2.65 bits per heavy atom. The monoisotopic (exact) mass is 232 g/mol. The van der Waals surface area contributed by atoms with Crippen LogP contribution < -0.4 is 10.6 Å². The van der Waals surface area contributed by atoms with E-state index in [9.17, 15) is 0 Å². The number of nitrogens with zero attached hydrogens (tertiary/aromatic N) is 3. The molecule has 2 aromatic rings. The third-order valence-corrected chi connectivity index (χ3v) is 2.52. The summed E-state index contributed by atoms with van der Waals surface area (Å²) < 4.78 is 4.98. The Morgan fingerprint density at radius 1 is 1.29 bits per heavy atom. The number of hydrogen-bond donors (Lipinski definition) is 1. The highest BCUT2D eigenvalue weighted by molar-refractivity contribution is 5.45.